The van der Waals surface area contributed by atoms with E-state index in [0.29, 0.717) is 0 Å². The summed E-state index contributed by atoms with van der Waals surface area (Å²) < 4.78 is 5.45. The lowest BCUT2D eigenvalue weighted by Crippen LogP contribution is -2.05. The molecule has 0 saturated heterocycles. The van der Waals surface area contributed by atoms with Gasteiger partial charge >= 0.3 is 5.97 Å². The second kappa shape index (κ2) is 4.02. The number of carbonyl (C=O) groups is 1. The van der Waals surface area contributed by atoms with Gasteiger partial charge in [-0.05, 0) is 27.6 Å². The first-order valence-corrected chi connectivity index (χ1v) is 5.19. The van der Waals surface area contributed by atoms with E-state index in [1.54, 1.807) is 6.33 Å². The highest BCUT2D eigenvalue weighted by atomic mass is 79.9. The number of methoxy groups -OCH3 is 1. The highest BCUT2D eigenvalue weighted by Gasteiger charge is 2.10. The van der Waals surface area contributed by atoms with Crippen LogP contribution in [0.3, 0.4) is 0 Å². The van der Waals surface area contributed by atoms with E-state index >= 15 is 0 Å². The summed E-state index contributed by atoms with van der Waals surface area (Å²) in [6.07, 6.45) is 1.87. The molecular weight excluding hydrogens is 260 g/mol. The fourth-order valence-electron chi connectivity index (χ4n) is 1.38. The molecule has 15 heavy (non-hydrogen) atoms. The third-order valence-electron chi connectivity index (χ3n) is 2.17. The number of H-pyrrole nitrogens is 1. The molecule has 4 nitrogen and oxygen atoms in total. The summed E-state index contributed by atoms with van der Waals surface area (Å²) in [5.41, 5.74) is 2.65. The predicted octanol–water partition coefficient (Wildman–Crippen LogP) is 2.04. The predicted molar refractivity (Wildman–Crippen MR) is 59.5 cm³/mol. The molecule has 0 atom stereocenters. The van der Waals surface area contributed by atoms with Crippen molar-refractivity contribution >= 4 is 32.9 Å². The molecule has 0 bridgehead atoms. The number of aromatic amines is 1. The summed E-state index contributed by atoms with van der Waals surface area (Å²) in [6, 6.07) is 3.77. The Hall–Kier alpha value is -1.36. The normalized spacial score (nSPS) is 10.5. The first-order valence-electron chi connectivity index (χ1n) is 4.39. The van der Waals surface area contributed by atoms with Crippen LogP contribution in [0.4, 0.5) is 0 Å². The van der Waals surface area contributed by atoms with Crippen molar-refractivity contribution in [3.63, 3.8) is 0 Å². The van der Waals surface area contributed by atoms with Gasteiger partial charge in [-0.1, -0.05) is 6.07 Å². The standard InChI is InChI=1S/C10H9BrN2O2/c1-15-8(14)4-6-2-3-7-10(9(6)11)13-5-12-7/h2-3,5H,4H2,1H3,(H,12,13). The third-order valence-corrected chi connectivity index (χ3v) is 3.06. The van der Waals surface area contributed by atoms with E-state index in [4.69, 9.17) is 0 Å². The molecule has 0 aliphatic rings. The Labute approximate surface area is 94.8 Å². The van der Waals surface area contributed by atoms with Crippen LogP contribution in [0.5, 0.6) is 0 Å². The molecule has 2 rings (SSSR count). The Morgan fingerprint density at radius 1 is 1.60 bits per heavy atom. The van der Waals surface area contributed by atoms with Crippen LogP contribution in [0.25, 0.3) is 11.0 Å². The molecular formula is C10H9BrN2O2. The number of hydrogen-bond donors (Lipinski definition) is 1. The number of hydrogen-bond acceptors (Lipinski definition) is 3. The molecule has 1 heterocycles. The second-order valence-electron chi connectivity index (χ2n) is 3.09. The van der Waals surface area contributed by atoms with E-state index in [1.165, 1.54) is 7.11 Å². The topological polar surface area (TPSA) is 55.0 Å². The van der Waals surface area contributed by atoms with Gasteiger partial charge < -0.3 is 9.72 Å². The average Bonchev–Trinajstić information content (AvgIpc) is 2.70. The maximum absolute atomic E-state index is 11.1. The van der Waals surface area contributed by atoms with Gasteiger partial charge in [-0.25, -0.2) is 4.98 Å². The number of aromatic nitrogens is 2. The quantitative estimate of drug-likeness (QED) is 0.849. The first kappa shape index (κ1) is 10.2. The number of imidazole rings is 1. The third kappa shape index (κ3) is 1.87. The molecule has 0 unspecified atom stereocenters. The molecule has 0 saturated carbocycles. The van der Waals surface area contributed by atoms with Gasteiger partial charge in [0, 0.05) is 4.47 Å². The number of halogens is 1. The van der Waals surface area contributed by atoms with Gasteiger partial charge in [0.1, 0.15) is 5.52 Å². The highest BCUT2D eigenvalue weighted by Crippen LogP contribution is 2.25. The van der Waals surface area contributed by atoms with Gasteiger partial charge in [0.2, 0.25) is 0 Å². The number of esters is 1. The van der Waals surface area contributed by atoms with E-state index in [2.05, 4.69) is 30.6 Å². The number of ether oxygens (including phenoxy) is 1. The maximum atomic E-state index is 11.1. The minimum atomic E-state index is -0.259. The summed E-state index contributed by atoms with van der Waals surface area (Å²) in [4.78, 5) is 18.3. The number of fused-ring (bicyclic) bond motifs is 1. The molecule has 2 aromatic rings. The van der Waals surface area contributed by atoms with E-state index in [1.807, 2.05) is 12.1 Å². The Bertz CT molecular complexity index is 507. The zero-order valence-electron chi connectivity index (χ0n) is 8.08. The van der Waals surface area contributed by atoms with Crippen molar-refractivity contribution in [2.75, 3.05) is 7.11 Å². The number of rotatable bonds is 2. The molecule has 78 valence electrons. The van der Waals surface area contributed by atoms with Gasteiger partial charge in [0.05, 0.1) is 25.4 Å². The van der Waals surface area contributed by atoms with Crippen molar-refractivity contribution in [1.82, 2.24) is 9.97 Å². The zero-order chi connectivity index (χ0) is 10.8. The minimum absolute atomic E-state index is 0.250. The lowest BCUT2D eigenvalue weighted by molar-refractivity contribution is -0.139. The van der Waals surface area contributed by atoms with Gasteiger partial charge in [0.25, 0.3) is 0 Å². The molecule has 0 aliphatic heterocycles. The van der Waals surface area contributed by atoms with Gasteiger partial charge in [-0.2, -0.15) is 0 Å². The number of nitrogens with zero attached hydrogens (tertiary/aromatic N) is 1. The second-order valence-corrected chi connectivity index (χ2v) is 3.88. The van der Waals surface area contributed by atoms with Crippen LogP contribution in [0.1, 0.15) is 5.56 Å². The maximum Gasteiger partial charge on any atom is 0.310 e. The van der Waals surface area contributed by atoms with E-state index in [-0.39, 0.29) is 12.4 Å². The molecule has 1 aromatic heterocycles. The van der Waals surface area contributed by atoms with Crippen LogP contribution in [-0.4, -0.2) is 23.0 Å². The first-order chi connectivity index (χ1) is 7.22. The summed E-state index contributed by atoms with van der Waals surface area (Å²) >= 11 is 3.43. The molecule has 0 amide bonds. The Morgan fingerprint density at radius 2 is 2.40 bits per heavy atom. The number of nitrogens with one attached hydrogen (secondary N) is 1. The monoisotopic (exact) mass is 268 g/mol. The lowest BCUT2D eigenvalue weighted by atomic mass is 10.1. The van der Waals surface area contributed by atoms with Crippen molar-refractivity contribution in [3.05, 3.63) is 28.5 Å². The van der Waals surface area contributed by atoms with Crippen molar-refractivity contribution < 1.29 is 9.53 Å². The number of benzene rings is 1. The average molecular weight is 269 g/mol. The van der Waals surface area contributed by atoms with Crippen LogP contribution in [0.2, 0.25) is 0 Å². The molecule has 0 spiro atoms. The summed E-state index contributed by atoms with van der Waals surface area (Å²) in [7, 11) is 1.38. The Morgan fingerprint density at radius 3 is 3.13 bits per heavy atom. The van der Waals surface area contributed by atoms with E-state index < -0.39 is 0 Å². The van der Waals surface area contributed by atoms with Crippen molar-refractivity contribution in [2.24, 2.45) is 0 Å². The van der Waals surface area contributed by atoms with Crippen molar-refractivity contribution in [3.8, 4) is 0 Å². The molecule has 5 heteroatoms. The zero-order valence-corrected chi connectivity index (χ0v) is 9.67. The Balaban J connectivity index is 2.43. The van der Waals surface area contributed by atoms with Crippen LogP contribution in [-0.2, 0) is 16.0 Å². The van der Waals surface area contributed by atoms with Gasteiger partial charge in [-0.15, -0.1) is 0 Å². The molecule has 0 fully saturated rings. The summed E-state index contributed by atoms with van der Waals surface area (Å²) in [5.74, 6) is -0.259. The van der Waals surface area contributed by atoms with Crippen molar-refractivity contribution in [2.45, 2.75) is 6.42 Å². The van der Waals surface area contributed by atoms with Crippen LogP contribution < -0.4 is 0 Å². The van der Waals surface area contributed by atoms with Crippen LogP contribution in [0, 0.1) is 0 Å². The van der Waals surface area contributed by atoms with Gasteiger partial charge in [0.15, 0.2) is 0 Å². The van der Waals surface area contributed by atoms with Gasteiger partial charge in [-0.3, -0.25) is 4.79 Å². The van der Waals surface area contributed by atoms with E-state index in [9.17, 15) is 4.79 Å². The molecule has 1 aromatic carbocycles. The Kier molecular flexibility index (Phi) is 2.73. The SMILES string of the molecule is COC(=O)Cc1ccc2[nH]cnc2c1Br. The minimum Gasteiger partial charge on any atom is -0.469 e. The smallest absolute Gasteiger partial charge is 0.310 e. The fraction of sp³-hybridized carbons (Fsp3) is 0.200. The summed E-state index contributed by atoms with van der Waals surface area (Å²) in [6.45, 7) is 0. The highest BCUT2D eigenvalue weighted by molar-refractivity contribution is 9.10. The largest absolute Gasteiger partial charge is 0.469 e. The van der Waals surface area contributed by atoms with Crippen LogP contribution in [0.15, 0.2) is 22.9 Å². The number of carbonyl (C=O) groups excluding carboxylic acids is 1. The summed E-state index contributed by atoms with van der Waals surface area (Å²) in [5, 5.41) is 0. The van der Waals surface area contributed by atoms with E-state index in [0.717, 1.165) is 21.1 Å². The molecule has 0 aliphatic carbocycles. The molecule has 0 radical (unpaired) electrons. The van der Waals surface area contributed by atoms with Crippen LogP contribution >= 0.6 is 15.9 Å². The molecule has 1 N–H and O–H groups in total. The lowest BCUT2D eigenvalue weighted by Gasteiger charge is -2.03. The van der Waals surface area contributed by atoms with Crippen molar-refractivity contribution in [1.29, 1.82) is 0 Å². The fourth-order valence-corrected chi connectivity index (χ4v) is 1.97.